The van der Waals surface area contributed by atoms with E-state index in [-0.39, 0.29) is 18.2 Å². The quantitative estimate of drug-likeness (QED) is 0.705. The topological polar surface area (TPSA) is 102 Å². The van der Waals surface area contributed by atoms with E-state index in [9.17, 15) is 9.90 Å². The van der Waals surface area contributed by atoms with Crippen LogP contribution in [0.5, 0.6) is 5.75 Å². The summed E-state index contributed by atoms with van der Waals surface area (Å²) in [4.78, 5) is 20.2. The molecule has 0 aliphatic heterocycles. The molecule has 1 aromatic carbocycles. The van der Waals surface area contributed by atoms with Gasteiger partial charge in [-0.1, -0.05) is 0 Å². The molecule has 1 aliphatic rings. The van der Waals surface area contributed by atoms with Crippen molar-refractivity contribution in [3.8, 4) is 5.75 Å². The van der Waals surface area contributed by atoms with E-state index in [0.717, 1.165) is 36.6 Å². The molecule has 0 saturated heterocycles. The van der Waals surface area contributed by atoms with Gasteiger partial charge in [-0.15, -0.1) is 0 Å². The third kappa shape index (κ3) is 3.68. The van der Waals surface area contributed by atoms with E-state index in [1.54, 1.807) is 13.2 Å². The number of aliphatic hydroxyl groups excluding tert-OH is 1. The Hall–Kier alpha value is -3.00. The van der Waals surface area contributed by atoms with Gasteiger partial charge < -0.3 is 15.2 Å². The number of carbonyl (C=O) groups is 1. The predicted octanol–water partition coefficient (Wildman–Crippen LogP) is 2.81. The van der Waals surface area contributed by atoms with Crippen molar-refractivity contribution in [3.63, 3.8) is 0 Å². The number of rotatable bonds is 5. The number of amides is 1. The summed E-state index contributed by atoms with van der Waals surface area (Å²) in [5, 5.41) is 17.8. The number of hydrogen-bond donors (Lipinski definition) is 2. The SMILES string of the molecule is COc1cc2nn([C@H]3CC[C@H](CO)CC3)cc2cc1NC(=O)c1ccncn1. The van der Waals surface area contributed by atoms with Crippen molar-refractivity contribution in [3.05, 3.63) is 42.6 Å². The van der Waals surface area contributed by atoms with Crippen LogP contribution in [0, 0.1) is 5.92 Å². The lowest BCUT2D eigenvalue weighted by molar-refractivity contribution is 0.102. The molecule has 1 saturated carbocycles. The number of ether oxygens (including phenoxy) is 1. The predicted molar refractivity (Wildman–Crippen MR) is 104 cm³/mol. The number of aliphatic hydroxyl groups is 1. The third-order valence-corrected chi connectivity index (χ3v) is 5.35. The monoisotopic (exact) mass is 381 g/mol. The Morgan fingerprint density at radius 3 is 2.82 bits per heavy atom. The molecule has 2 N–H and O–H groups in total. The van der Waals surface area contributed by atoms with Crippen molar-refractivity contribution in [2.24, 2.45) is 5.92 Å². The van der Waals surface area contributed by atoms with Gasteiger partial charge in [0, 0.05) is 30.5 Å². The molecule has 146 valence electrons. The van der Waals surface area contributed by atoms with Crippen LogP contribution in [-0.4, -0.2) is 44.5 Å². The van der Waals surface area contributed by atoms with Gasteiger partial charge in [-0.25, -0.2) is 9.97 Å². The fourth-order valence-corrected chi connectivity index (χ4v) is 3.73. The number of nitrogens with zero attached hydrogens (tertiary/aromatic N) is 4. The van der Waals surface area contributed by atoms with Crippen LogP contribution in [0.15, 0.2) is 36.9 Å². The lowest BCUT2D eigenvalue weighted by Gasteiger charge is -2.27. The maximum absolute atomic E-state index is 12.4. The first-order valence-electron chi connectivity index (χ1n) is 9.43. The first-order valence-corrected chi connectivity index (χ1v) is 9.43. The molecule has 8 heteroatoms. The van der Waals surface area contributed by atoms with E-state index in [1.165, 1.54) is 12.5 Å². The summed E-state index contributed by atoms with van der Waals surface area (Å²) in [5.74, 6) is 0.629. The maximum atomic E-state index is 12.4. The van der Waals surface area contributed by atoms with E-state index in [0.29, 0.717) is 23.4 Å². The maximum Gasteiger partial charge on any atom is 0.274 e. The second-order valence-electron chi connectivity index (χ2n) is 7.13. The Morgan fingerprint density at radius 1 is 1.32 bits per heavy atom. The van der Waals surface area contributed by atoms with Crippen molar-refractivity contribution in [1.29, 1.82) is 0 Å². The highest BCUT2D eigenvalue weighted by atomic mass is 16.5. The zero-order valence-corrected chi connectivity index (χ0v) is 15.7. The molecule has 1 aliphatic carbocycles. The molecular weight excluding hydrogens is 358 g/mol. The van der Waals surface area contributed by atoms with Crippen molar-refractivity contribution in [2.45, 2.75) is 31.7 Å². The van der Waals surface area contributed by atoms with Gasteiger partial charge in [0.25, 0.3) is 5.91 Å². The average molecular weight is 381 g/mol. The molecule has 1 amide bonds. The van der Waals surface area contributed by atoms with Gasteiger partial charge in [0.05, 0.1) is 24.4 Å². The highest BCUT2D eigenvalue weighted by molar-refractivity contribution is 6.04. The molecule has 28 heavy (non-hydrogen) atoms. The van der Waals surface area contributed by atoms with Crippen LogP contribution in [0.25, 0.3) is 10.9 Å². The zero-order chi connectivity index (χ0) is 19.5. The van der Waals surface area contributed by atoms with Gasteiger partial charge >= 0.3 is 0 Å². The Morgan fingerprint density at radius 2 is 2.14 bits per heavy atom. The number of benzene rings is 1. The molecule has 0 radical (unpaired) electrons. The minimum atomic E-state index is -0.324. The third-order valence-electron chi connectivity index (χ3n) is 5.35. The smallest absolute Gasteiger partial charge is 0.274 e. The van der Waals surface area contributed by atoms with Gasteiger partial charge in [-0.05, 0) is 43.7 Å². The van der Waals surface area contributed by atoms with Crippen LogP contribution in [0.1, 0.15) is 42.2 Å². The van der Waals surface area contributed by atoms with Crippen LogP contribution in [0.2, 0.25) is 0 Å². The standard InChI is InChI=1S/C20H23N5O3/c1-28-19-9-17-14(8-18(19)23-20(27)16-6-7-21-12-22-16)10-25(24-17)15-4-2-13(11-26)3-5-15/h6-10,12-13,15,26H,2-5,11H2,1H3,(H,23,27)/t13-,15-. The van der Waals surface area contributed by atoms with Crippen LogP contribution >= 0.6 is 0 Å². The molecule has 8 nitrogen and oxygen atoms in total. The van der Waals surface area contributed by atoms with Crippen LogP contribution in [0.4, 0.5) is 5.69 Å². The zero-order valence-electron chi connectivity index (χ0n) is 15.7. The van der Waals surface area contributed by atoms with Crippen molar-refractivity contribution < 1.29 is 14.6 Å². The van der Waals surface area contributed by atoms with Gasteiger partial charge in [0.15, 0.2) is 0 Å². The van der Waals surface area contributed by atoms with Gasteiger partial charge in [0.1, 0.15) is 17.8 Å². The molecule has 0 spiro atoms. The Labute approximate surface area is 162 Å². The van der Waals surface area contributed by atoms with E-state index < -0.39 is 0 Å². The lowest BCUT2D eigenvalue weighted by atomic mass is 9.87. The van der Waals surface area contributed by atoms with Crippen molar-refractivity contribution in [2.75, 3.05) is 19.0 Å². The fourth-order valence-electron chi connectivity index (χ4n) is 3.73. The molecule has 0 atom stereocenters. The summed E-state index contributed by atoms with van der Waals surface area (Å²) >= 11 is 0. The van der Waals surface area contributed by atoms with Crippen LogP contribution < -0.4 is 10.1 Å². The van der Waals surface area contributed by atoms with Crippen LogP contribution in [-0.2, 0) is 0 Å². The molecule has 2 aromatic heterocycles. The number of aromatic nitrogens is 4. The summed E-state index contributed by atoms with van der Waals surface area (Å²) in [7, 11) is 1.56. The summed E-state index contributed by atoms with van der Waals surface area (Å²) in [6.07, 6.45) is 8.92. The largest absolute Gasteiger partial charge is 0.494 e. The van der Waals surface area contributed by atoms with E-state index in [4.69, 9.17) is 9.84 Å². The lowest BCUT2D eigenvalue weighted by Crippen LogP contribution is -2.20. The highest BCUT2D eigenvalue weighted by Gasteiger charge is 2.23. The number of hydrogen-bond acceptors (Lipinski definition) is 6. The van der Waals surface area contributed by atoms with Crippen molar-refractivity contribution >= 4 is 22.5 Å². The van der Waals surface area contributed by atoms with Crippen LogP contribution in [0.3, 0.4) is 0 Å². The second kappa shape index (κ2) is 7.93. The van der Waals surface area contributed by atoms with Gasteiger partial charge in [0.2, 0.25) is 0 Å². The Balaban J connectivity index is 1.59. The first-order chi connectivity index (χ1) is 13.7. The fraction of sp³-hybridized carbons (Fsp3) is 0.400. The van der Waals surface area contributed by atoms with Gasteiger partial charge in [-0.2, -0.15) is 5.10 Å². The van der Waals surface area contributed by atoms with Crippen molar-refractivity contribution in [1.82, 2.24) is 19.7 Å². The molecular formula is C20H23N5O3. The molecule has 1 fully saturated rings. The minimum absolute atomic E-state index is 0.264. The molecule has 3 aromatic rings. The summed E-state index contributed by atoms with van der Waals surface area (Å²) in [5.41, 5.74) is 1.68. The number of carbonyl (C=O) groups excluding carboxylic acids is 1. The Kier molecular flexibility index (Phi) is 5.21. The molecule has 2 heterocycles. The first kappa shape index (κ1) is 18.4. The van der Waals surface area contributed by atoms with E-state index >= 15 is 0 Å². The summed E-state index contributed by atoms with van der Waals surface area (Å²) in [6, 6.07) is 5.60. The summed E-state index contributed by atoms with van der Waals surface area (Å²) in [6.45, 7) is 0.264. The van der Waals surface area contributed by atoms with E-state index in [2.05, 4.69) is 15.3 Å². The second-order valence-corrected chi connectivity index (χ2v) is 7.13. The summed E-state index contributed by atoms with van der Waals surface area (Å²) < 4.78 is 7.46. The minimum Gasteiger partial charge on any atom is -0.494 e. The number of nitrogens with one attached hydrogen (secondary N) is 1. The normalized spacial score (nSPS) is 19.5. The van der Waals surface area contributed by atoms with E-state index in [1.807, 2.05) is 23.0 Å². The molecule has 0 bridgehead atoms. The number of anilines is 1. The Bertz CT molecular complexity index is 965. The number of fused-ring (bicyclic) bond motifs is 1. The average Bonchev–Trinajstić information content (AvgIpc) is 3.16. The molecule has 4 rings (SSSR count). The number of methoxy groups -OCH3 is 1. The highest BCUT2D eigenvalue weighted by Crippen LogP contribution is 2.34. The molecule has 0 unspecified atom stereocenters. The van der Waals surface area contributed by atoms with Gasteiger partial charge in [-0.3, -0.25) is 9.48 Å².